The largest absolute Gasteiger partial charge is 0.299 e. The molecule has 0 aromatic carbocycles. The van der Waals surface area contributed by atoms with E-state index in [0.717, 1.165) is 31.3 Å². The maximum Gasteiger partial charge on any atom is 0.155 e. The Morgan fingerprint density at radius 1 is 1.21 bits per heavy atom. The molecule has 3 aliphatic carbocycles. The zero-order chi connectivity index (χ0) is 20.8. The van der Waals surface area contributed by atoms with E-state index in [-0.39, 0.29) is 29.0 Å². The van der Waals surface area contributed by atoms with Crippen LogP contribution in [0.5, 0.6) is 0 Å². The van der Waals surface area contributed by atoms with Crippen molar-refractivity contribution < 1.29 is 14.4 Å². The van der Waals surface area contributed by atoms with Gasteiger partial charge in [0.25, 0.3) is 0 Å². The van der Waals surface area contributed by atoms with Gasteiger partial charge in [0.1, 0.15) is 11.6 Å². The molecule has 28 heavy (non-hydrogen) atoms. The van der Waals surface area contributed by atoms with Crippen molar-refractivity contribution in [3.05, 3.63) is 11.6 Å². The highest BCUT2D eigenvalue weighted by Crippen LogP contribution is 2.56. The molecule has 0 aromatic heterocycles. The van der Waals surface area contributed by atoms with Gasteiger partial charge in [-0.15, -0.1) is 0 Å². The van der Waals surface area contributed by atoms with Crippen LogP contribution in [-0.2, 0) is 14.4 Å². The van der Waals surface area contributed by atoms with Crippen LogP contribution in [0.15, 0.2) is 11.6 Å². The Labute approximate surface area is 170 Å². The third-order valence-corrected chi connectivity index (χ3v) is 8.34. The van der Waals surface area contributed by atoms with Crippen molar-refractivity contribution in [1.82, 2.24) is 0 Å². The summed E-state index contributed by atoms with van der Waals surface area (Å²) in [6.45, 7) is 12.6. The molecule has 0 spiro atoms. The molecule has 3 rings (SSSR count). The van der Waals surface area contributed by atoms with Crippen molar-refractivity contribution in [2.24, 2.45) is 46.8 Å². The second kappa shape index (κ2) is 7.88. The van der Waals surface area contributed by atoms with Crippen LogP contribution in [-0.4, -0.2) is 17.3 Å². The van der Waals surface area contributed by atoms with Crippen LogP contribution in [0.2, 0.25) is 0 Å². The number of rotatable bonds is 6. The minimum atomic E-state index is -0.00997. The number of ketones is 3. The molecule has 7 atom stereocenters. The smallest absolute Gasteiger partial charge is 0.155 e. The lowest BCUT2D eigenvalue weighted by Crippen LogP contribution is -2.41. The van der Waals surface area contributed by atoms with Crippen LogP contribution < -0.4 is 0 Å². The van der Waals surface area contributed by atoms with Crippen LogP contribution in [0, 0.1) is 46.8 Å². The number of hydrogen-bond acceptors (Lipinski definition) is 3. The zero-order valence-corrected chi connectivity index (χ0v) is 18.6. The number of allylic oxidation sites excluding steroid dienone is 2. The van der Waals surface area contributed by atoms with Gasteiger partial charge in [0, 0.05) is 24.7 Å². The summed E-state index contributed by atoms with van der Waals surface area (Å²) < 4.78 is 0. The van der Waals surface area contributed by atoms with E-state index in [1.165, 1.54) is 0 Å². The van der Waals surface area contributed by atoms with Gasteiger partial charge in [0.05, 0.1) is 0 Å². The van der Waals surface area contributed by atoms with Crippen LogP contribution in [0.1, 0.15) is 80.1 Å². The number of Topliss-reactive ketones (excluding diaryl/α,β-unsaturated/α-hetero) is 3. The van der Waals surface area contributed by atoms with E-state index in [4.69, 9.17) is 0 Å². The van der Waals surface area contributed by atoms with Gasteiger partial charge in [0.15, 0.2) is 5.78 Å². The van der Waals surface area contributed by atoms with E-state index in [2.05, 4.69) is 40.7 Å². The lowest BCUT2D eigenvalue weighted by atomic mass is 9.60. The Morgan fingerprint density at radius 3 is 2.50 bits per heavy atom. The summed E-state index contributed by atoms with van der Waals surface area (Å²) in [6, 6.07) is 0. The fourth-order valence-electron chi connectivity index (χ4n) is 6.66. The SMILES string of the molecule is CC(=O)C1=CCC(C)C1CCC(C)[C@H]1C[C@@]2(C)CC(=O)[C@H](C(C)C)[C@@H]2CC1=O. The Hall–Kier alpha value is -1.25. The maximum atomic E-state index is 13.1. The summed E-state index contributed by atoms with van der Waals surface area (Å²) in [6.07, 6.45) is 7.18. The molecule has 0 aromatic rings. The monoisotopic (exact) mass is 386 g/mol. The molecule has 3 unspecified atom stereocenters. The lowest BCUT2D eigenvalue weighted by molar-refractivity contribution is -0.133. The van der Waals surface area contributed by atoms with Gasteiger partial charge in [0.2, 0.25) is 0 Å². The lowest BCUT2D eigenvalue weighted by Gasteiger charge is -2.43. The summed E-state index contributed by atoms with van der Waals surface area (Å²) in [5.74, 6) is 2.83. The molecule has 2 saturated carbocycles. The average molecular weight is 387 g/mol. The molecule has 3 aliphatic rings. The van der Waals surface area contributed by atoms with Crippen molar-refractivity contribution >= 4 is 17.3 Å². The van der Waals surface area contributed by atoms with Gasteiger partial charge >= 0.3 is 0 Å². The van der Waals surface area contributed by atoms with E-state index < -0.39 is 0 Å². The fraction of sp³-hybridized carbons (Fsp3) is 0.800. The van der Waals surface area contributed by atoms with Gasteiger partial charge < -0.3 is 0 Å². The first-order valence-electron chi connectivity index (χ1n) is 11.3. The summed E-state index contributed by atoms with van der Waals surface area (Å²) in [7, 11) is 0. The molecule has 3 heteroatoms. The molecule has 0 N–H and O–H groups in total. The fourth-order valence-corrected chi connectivity index (χ4v) is 6.66. The molecular formula is C25H38O3. The number of fused-ring (bicyclic) bond motifs is 1. The van der Waals surface area contributed by atoms with E-state index in [1.807, 2.05) is 0 Å². The molecule has 0 aliphatic heterocycles. The van der Waals surface area contributed by atoms with Crippen molar-refractivity contribution in [2.75, 3.05) is 0 Å². The molecule has 0 radical (unpaired) electrons. The quantitative estimate of drug-likeness (QED) is 0.612. The molecule has 0 amide bonds. The first-order chi connectivity index (χ1) is 13.0. The highest BCUT2D eigenvalue weighted by Gasteiger charge is 2.56. The normalized spacial score (nSPS) is 39.2. The second-order valence-electron chi connectivity index (χ2n) is 10.7. The van der Waals surface area contributed by atoms with Crippen molar-refractivity contribution in [3.8, 4) is 0 Å². The summed E-state index contributed by atoms with van der Waals surface area (Å²) in [5, 5.41) is 0. The standard InChI is InChI=1S/C25H38O3/c1-14(2)24-21-11-22(27)20(12-25(21,6)13-23(24)28)16(4)7-9-18-15(3)8-10-19(18)17(5)26/h10,14-16,18,20-21,24H,7-9,11-13H2,1-6H3/t15?,16?,18?,20-,21+,24-,25+/m1/s1. The molecule has 0 saturated heterocycles. The highest BCUT2D eigenvalue weighted by molar-refractivity contribution is 5.94. The van der Waals surface area contributed by atoms with Gasteiger partial charge in [-0.25, -0.2) is 0 Å². The van der Waals surface area contributed by atoms with Crippen LogP contribution >= 0.6 is 0 Å². The minimum Gasteiger partial charge on any atom is -0.299 e. The Bertz CT molecular complexity index is 688. The predicted molar refractivity (Wildman–Crippen MR) is 112 cm³/mol. The van der Waals surface area contributed by atoms with E-state index in [1.54, 1.807) is 6.92 Å². The molecular weight excluding hydrogens is 348 g/mol. The van der Waals surface area contributed by atoms with Crippen molar-refractivity contribution in [2.45, 2.75) is 80.1 Å². The summed E-state index contributed by atoms with van der Waals surface area (Å²) in [5.41, 5.74) is 0.993. The van der Waals surface area contributed by atoms with Crippen molar-refractivity contribution in [3.63, 3.8) is 0 Å². The summed E-state index contributed by atoms with van der Waals surface area (Å²) >= 11 is 0. The minimum absolute atomic E-state index is 0.00997. The topological polar surface area (TPSA) is 51.2 Å². The Kier molecular flexibility index (Phi) is 6.04. The van der Waals surface area contributed by atoms with Crippen LogP contribution in [0.3, 0.4) is 0 Å². The summed E-state index contributed by atoms with van der Waals surface area (Å²) in [4.78, 5) is 37.6. The number of carbonyl (C=O) groups excluding carboxylic acids is 3. The number of hydrogen-bond donors (Lipinski definition) is 0. The first kappa shape index (κ1) is 21.5. The first-order valence-corrected chi connectivity index (χ1v) is 11.3. The third-order valence-electron chi connectivity index (χ3n) is 8.34. The third kappa shape index (κ3) is 3.78. The van der Waals surface area contributed by atoms with E-state index >= 15 is 0 Å². The van der Waals surface area contributed by atoms with Gasteiger partial charge in [-0.1, -0.05) is 40.7 Å². The molecule has 3 nitrogen and oxygen atoms in total. The van der Waals surface area contributed by atoms with E-state index in [0.29, 0.717) is 48.1 Å². The average Bonchev–Trinajstić information content (AvgIpc) is 3.08. The Balaban J connectivity index is 1.66. The number of carbonyl (C=O) groups is 3. The van der Waals surface area contributed by atoms with Gasteiger partial charge in [-0.3, -0.25) is 14.4 Å². The van der Waals surface area contributed by atoms with Crippen LogP contribution in [0.25, 0.3) is 0 Å². The zero-order valence-electron chi connectivity index (χ0n) is 18.6. The second-order valence-corrected chi connectivity index (χ2v) is 10.7. The molecule has 0 heterocycles. The highest BCUT2D eigenvalue weighted by atomic mass is 16.1. The van der Waals surface area contributed by atoms with Gasteiger partial charge in [-0.05, 0) is 73.2 Å². The molecule has 0 bridgehead atoms. The maximum absolute atomic E-state index is 13.1. The van der Waals surface area contributed by atoms with Gasteiger partial charge in [-0.2, -0.15) is 0 Å². The molecule has 2 fully saturated rings. The Morgan fingerprint density at radius 2 is 1.89 bits per heavy atom. The van der Waals surface area contributed by atoms with E-state index in [9.17, 15) is 14.4 Å². The predicted octanol–water partition coefficient (Wildman–Crippen LogP) is 5.42. The molecule has 156 valence electrons. The van der Waals surface area contributed by atoms with Crippen molar-refractivity contribution in [1.29, 1.82) is 0 Å². The van der Waals surface area contributed by atoms with Crippen LogP contribution in [0.4, 0.5) is 0 Å².